The zero-order valence-corrected chi connectivity index (χ0v) is 15.4. The third kappa shape index (κ3) is 4.55. The fourth-order valence-electron chi connectivity index (χ4n) is 3.48. The molecule has 0 bridgehead atoms. The maximum Gasteiger partial charge on any atom is 0.278 e. The van der Waals surface area contributed by atoms with Gasteiger partial charge in [-0.15, -0.1) is 0 Å². The number of nitrogens with one attached hydrogen (secondary N) is 1. The van der Waals surface area contributed by atoms with E-state index in [0.29, 0.717) is 18.8 Å². The van der Waals surface area contributed by atoms with Crippen molar-refractivity contribution in [1.29, 1.82) is 0 Å². The molecule has 5 nitrogen and oxygen atoms in total. The first-order valence-corrected chi connectivity index (χ1v) is 9.35. The van der Waals surface area contributed by atoms with Crippen LogP contribution in [0, 0.1) is 0 Å². The molecule has 2 aromatic rings. The van der Waals surface area contributed by atoms with Crippen molar-refractivity contribution in [3.05, 3.63) is 60.2 Å². The van der Waals surface area contributed by atoms with E-state index in [0.717, 1.165) is 38.4 Å². The van der Waals surface area contributed by atoms with Crippen molar-refractivity contribution in [2.24, 2.45) is 0 Å². The minimum Gasteiger partial charge on any atom is -0.506 e. The summed E-state index contributed by atoms with van der Waals surface area (Å²) < 4.78 is 0. The molecule has 138 valence electrons. The van der Waals surface area contributed by atoms with Gasteiger partial charge in [-0.3, -0.25) is 4.79 Å². The van der Waals surface area contributed by atoms with E-state index in [1.807, 2.05) is 48.2 Å². The summed E-state index contributed by atoms with van der Waals surface area (Å²) in [4.78, 5) is 18.1. The van der Waals surface area contributed by atoms with Gasteiger partial charge >= 0.3 is 0 Å². The molecule has 0 radical (unpaired) electrons. The van der Waals surface area contributed by atoms with Gasteiger partial charge in [0.15, 0.2) is 6.54 Å². The highest BCUT2D eigenvalue weighted by Crippen LogP contribution is 2.25. The lowest BCUT2D eigenvalue weighted by Gasteiger charge is -2.34. The van der Waals surface area contributed by atoms with Crippen LogP contribution in [0.1, 0.15) is 12.5 Å². The quantitative estimate of drug-likeness (QED) is 0.818. The standard InChI is InChI=1S/C21H27N3O2/c1-2-23(16-18-8-4-3-5-9-18)21(26)17-22-12-14-24(15-13-22)19-10-6-7-11-20(19)25/h3-11,25H,2,12-17H2,1H3/p+1. The Morgan fingerprint density at radius 2 is 1.73 bits per heavy atom. The number of hydrogen-bond donors (Lipinski definition) is 2. The second kappa shape index (κ2) is 8.72. The molecule has 2 aromatic carbocycles. The van der Waals surface area contributed by atoms with Crippen LogP contribution in [0.25, 0.3) is 0 Å². The molecule has 0 aromatic heterocycles. The molecule has 1 fully saturated rings. The number of phenolic OH excluding ortho intramolecular Hbond substituents is 1. The number of rotatable bonds is 6. The fourth-order valence-corrected chi connectivity index (χ4v) is 3.48. The lowest BCUT2D eigenvalue weighted by molar-refractivity contribution is -0.892. The molecule has 0 spiro atoms. The SMILES string of the molecule is CCN(Cc1ccccc1)C(=O)C[NH+]1CCN(c2ccccc2O)CC1. The Bertz CT molecular complexity index is 712. The van der Waals surface area contributed by atoms with Gasteiger partial charge < -0.3 is 19.8 Å². The van der Waals surface area contributed by atoms with Crippen molar-refractivity contribution in [3.63, 3.8) is 0 Å². The Balaban J connectivity index is 1.52. The van der Waals surface area contributed by atoms with Crippen molar-refractivity contribution in [3.8, 4) is 5.75 Å². The number of piperazine rings is 1. The predicted octanol–water partition coefficient (Wildman–Crippen LogP) is 1.15. The minimum absolute atomic E-state index is 0.211. The first-order chi connectivity index (χ1) is 12.7. The van der Waals surface area contributed by atoms with Gasteiger partial charge in [-0.05, 0) is 24.6 Å². The molecule has 1 saturated heterocycles. The van der Waals surface area contributed by atoms with Crippen molar-refractivity contribution < 1.29 is 14.8 Å². The fraction of sp³-hybridized carbons (Fsp3) is 0.381. The zero-order valence-electron chi connectivity index (χ0n) is 15.4. The van der Waals surface area contributed by atoms with E-state index in [1.165, 1.54) is 10.5 Å². The molecule has 26 heavy (non-hydrogen) atoms. The molecule has 0 atom stereocenters. The van der Waals surface area contributed by atoms with Gasteiger partial charge in [0, 0.05) is 13.1 Å². The van der Waals surface area contributed by atoms with Gasteiger partial charge in [-0.25, -0.2) is 0 Å². The molecule has 5 heteroatoms. The highest BCUT2D eigenvalue weighted by Gasteiger charge is 2.25. The lowest BCUT2D eigenvalue weighted by Crippen LogP contribution is -3.15. The second-order valence-corrected chi connectivity index (χ2v) is 6.80. The van der Waals surface area contributed by atoms with Crippen molar-refractivity contribution in [2.45, 2.75) is 13.5 Å². The van der Waals surface area contributed by atoms with E-state index in [1.54, 1.807) is 6.07 Å². The summed E-state index contributed by atoms with van der Waals surface area (Å²) in [5.41, 5.74) is 2.05. The number of quaternary nitrogens is 1. The lowest BCUT2D eigenvalue weighted by atomic mass is 10.2. The zero-order chi connectivity index (χ0) is 18.4. The van der Waals surface area contributed by atoms with Crippen molar-refractivity contribution in [1.82, 2.24) is 4.90 Å². The van der Waals surface area contributed by atoms with Gasteiger partial charge in [0.25, 0.3) is 5.91 Å². The highest BCUT2D eigenvalue weighted by molar-refractivity contribution is 5.77. The third-order valence-corrected chi connectivity index (χ3v) is 5.04. The van der Waals surface area contributed by atoms with Crippen LogP contribution in [-0.2, 0) is 11.3 Å². The molecule has 3 rings (SSSR count). The van der Waals surface area contributed by atoms with Crippen LogP contribution >= 0.6 is 0 Å². The third-order valence-electron chi connectivity index (χ3n) is 5.04. The Morgan fingerprint density at radius 1 is 1.08 bits per heavy atom. The number of nitrogens with zero attached hydrogens (tertiary/aromatic N) is 2. The number of phenols is 1. The molecule has 1 aliphatic heterocycles. The van der Waals surface area contributed by atoms with Crippen LogP contribution in [0.3, 0.4) is 0 Å². The summed E-state index contributed by atoms with van der Waals surface area (Å²) in [7, 11) is 0. The van der Waals surface area contributed by atoms with Gasteiger partial charge in [-0.1, -0.05) is 42.5 Å². The number of para-hydroxylation sites is 2. The number of likely N-dealkylation sites (N-methyl/N-ethyl adjacent to an activating group) is 1. The van der Waals surface area contributed by atoms with E-state index in [2.05, 4.69) is 17.0 Å². The van der Waals surface area contributed by atoms with Gasteiger partial charge in [0.1, 0.15) is 5.75 Å². The van der Waals surface area contributed by atoms with Gasteiger partial charge in [0.05, 0.1) is 31.9 Å². The number of carbonyl (C=O) groups excluding carboxylic acids is 1. The molecular formula is C21H28N3O2+. The molecular weight excluding hydrogens is 326 g/mol. The topological polar surface area (TPSA) is 48.2 Å². The van der Waals surface area contributed by atoms with Crippen LogP contribution < -0.4 is 9.80 Å². The average molecular weight is 354 g/mol. The summed E-state index contributed by atoms with van der Waals surface area (Å²) in [5.74, 6) is 0.536. The molecule has 0 aliphatic carbocycles. The summed E-state index contributed by atoms with van der Waals surface area (Å²) in [5, 5.41) is 10.0. The summed E-state index contributed by atoms with van der Waals surface area (Å²) in [6, 6.07) is 17.6. The summed E-state index contributed by atoms with van der Waals surface area (Å²) in [6.07, 6.45) is 0. The Kier molecular flexibility index (Phi) is 6.12. The highest BCUT2D eigenvalue weighted by atomic mass is 16.3. The number of benzene rings is 2. The van der Waals surface area contributed by atoms with E-state index in [4.69, 9.17) is 0 Å². The maximum absolute atomic E-state index is 12.7. The first-order valence-electron chi connectivity index (χ1n) is 9.35. The monoisotopic (exact) mass is 354 g/mol. The predicted molar refractivity (Wildman–Crippen MR) is 103 cm³/mol. The summed E-state index contributed by atoms with van der Waals surface area (Å²) in [6.45, 7) is 7.49. The number of carbonyl (C=O) groups is 1. The molecule has 1 heterocycles. The molecule has 0 saturated carbocycles. The van der Waals surface area contributed by atoms with Gasteiger partial charge in [-0.2, -0.15) is 0 Å². The smallest absolute Gasteiger partial charge is 0.278 e. The van der Waals surface area contributed by atoms with Crippen LogP contribution in [0.4, 0.5) is 5.69 Å². The number of amides is 1. The number of anilines is 1. The molecule has 2 N–H and O–H groups in total. The Labute approximate surface area is 155 Å². The largest absolute Gasteiger partial charge is 0.506 e. The van der Waals surface area contributed by atoms with Crippen LogP contribution in [0.15, 0.2) is 54.6 Å². The van der Waals surface area contributed by atoms with Crippen molar-refractivity contribution >= 4 is 11.6 Å². The van der Waals surface area contributed by atoms with E-state index in [9.17, 15) is 9.90 Å². The van der Waals surface area contributed by atoms with E-state index in [-0.39, 0.29) is 5.91 Å². The molecule has 0 unspecified atom stereocenters. The average Bonchev–Trinajstić information content (AvgIpc) is 2.68. The Morgan fingerprint density at radius 3 is 2.38 bits per heavy atom. The number of aromatic hydroxyl groups is 1. The first kappa shape index (κ1) is 18.3. The van der Waals surface area contributed by atoms with Crippen LogP contribution in [0.5, 0.6) is 5.75 Å². The molecule has 1 aliphatic rings. The number of hydrogen-bond acceptors (Lipinski definition) is 3. The summed E-state index contributed by atoms with van der Waals surface area (Å²) >= 11 is 0. The van der Waals surface area contributed by atoms with Crippen molar-refractivity contribution in [2.75, 3.05) is 44.2 Å². The van der Waals surface area contributed by atoms with Crippen LogP contribution in [0.2, 0.25) is 0 Å². The van der Waals surface area contributed by atoms with E-state index < -0.39 is 0 Å². The normalized spacial score (nSPS) is 15.0. The van der Waals surface area contributed by atoms with Gasteiger partial charge in [0.2, 0.25) is 0 Å². The second-order valence-electron chi connectivity index (χ2n) is 6.80. The van der Waals surface area contributed by atoms with Crippen LogP contribution in [-0.4, -0.2) is 55.2 Å². The van der Waals surface area contributed by atoms with E-state index >= 15 is 0 Å². The minimum atomic E-state index is 0.211. The maximum atomic E-state index is 12.7. The Hall–Kier alpha value is -2.53. The molecule has 1 amide bonds.